The van der Waals surface area contributed by atoms with Crippen LogP contribution in [-0.2, 0) is 15.8 Å². The van der Waals surface area contributed by atoms with E-state index in [1.165, 1.54) is 19.1 Å². The lowest BCUT2D eigenvalue weighted by Gasteiger charge is -2.17. The molecule has 2 aromatic rings. The molecule has 0 fully saturated rings. The highest BCUT2D eigenvalue weighted by molar-refractivity contribution is 5.84. The molecule has 0 aliphatic carbocycles. The lowest BCUT2D eigenvalue weighted by Crippen LogP contribution is -2.47. The van der Waals surface area contributed by atoms with Crippen LogP contribution in [0.5, 0.6) is 11.5 Å². The van der Waals surface area contributed by atoms with Gasteiger partial charge in [0.1, 0.15) is 11.5 Å². The van der Waals surface area contributed by atoms with E-state index < -0.39 is 29.7 Å². The molecule has 0 saturated carbocycles. The van der Waals surface area contributed by atoms with Gasteiger partial charge in [0.15, 0.2) is 6.10 Å². The lowest BCUT2D eigenvalue weighted by molar-refractivity contribution is -0.137. The van der Waals surface area contributed by atoms with Crippen LogP contribution in [0.15, 0.2) is 48.5 Å². The van der Waals surface area contributed by atoms with Crippen molar-refractivity contribution in [3.05, 3.63) is 59.7 Å². The van der Waals surface area contributed by atoms with E-state index in [1.54, 1.807) is 31.2 Å². The highest BCUT2D eigenvalue weighted by Crippen LogP contribution is 2.30. The number of ether oxygens (including phenoxy) is 2. The molecule has 2 rings (SSSR count). The topological polar surface area (TPSA) is 76.7 Å². The number of hydrazine groups is 1. The molecule has 2 amide bonds. The van der Waals surface area contributed by atoms with Gasteiger partial charge in [-0.25, -0.2) is 0 Å². The van der Waals surface area contributed by atoms with Crippen molar-refractivity contribution in [2.75, 3.05) is 6.61 Å². The molecule has 0 aliphatic rings. The lowest BCUT2D eigenvalue weighted by atomic mass is 9.96. The number of rotatable bonds is 8. The van der Waals surface area contributed by atoms with Gasteiger partial charge in [-0.15, -0.1) is 0 Å². The highest BCUT2D eigenvalue weighted by Gasteiger charge is 2.30. The van der Waals surface area contributed by atoms with Crippen LogP contribution in [0.2, 0.25) is 0 Å². The first-order chi connectivity index (χ1) is 14.6. The second-order valence-electron chi connectivity index (χ2n) is 6.93. The molecule has 0 heterocycles. The minimum absolute atomic E-state index is 0.0141. The SMILES string of the molecule is CCOc1ccc(OC(C)C(=O)NNC(=O)CC(C)c2ccc(C(F)(F)F)cc2)cc1. The van der Waals surface area contributed by atoms with Gasteiger partial charge in [-0.3, -0.25) is 20.4 Å². The standard InChI is InChI=1S/C22H25F3N2O4/c1-4-30-18-9-11-19(12-10-18)31-15(3)21(29)27-26-20(28)13-14(2)16-5-7-17(8-6-16)22(23,24)25/h5-12,14-15H,4,13H2,1-3H3,(H,26,28)(H,27,29). The first-order valence-electron chi connectivity index (χ1n) is 9.75. The molecule has 168 valence electrons. The summed E-state index contributed by atoms with van der Waals surface area (Å²) in [6.45, 7) is 5.65. The summed E-state index contributed by atoms with van der Waals surface area (Å²) in [5.41, 5.74) is 4.41. The molecule has 0 spiro atoms. The van der Waals surface area contributed by atoms with Gasteiger partial charge in [-0.1, -0.05) is 19.1 Å². The predicted molar refractivity (Wildman–Crippen MR) is 108 cm³/mol. The third kappa shape index (κ3) is 7.51. The number of benzene rings is 2. The Bertz CT molecular complexity index is 868. The Balaban J connectivity index is 1.79. The van der Waals surface area contributed by atoms with Crippen LogP contribution in [0.25, 0.3) is 0 Å². The normalized spacial score (nSPS) is 13.1. The van der Waals surface area contributed by atoms with Crippen LogP contribution in [-0.4, -0.2) is 24.5 Å². The molecule has 2 aromatic carbocycles. The van der Waals surface area contributed by atoms with Crippen LogP contribution >= 0.6 is 0 Å². The van der Waals surface area contributed by atoms with E-state index >= 15 is 0 Å². The Hall–Kier alpha value is -3.23. The second kappa shape index (κ2) is 10.7. The predicted octanol–water partition coefficient (Wildman–Crippen LogP) is 4.21. The van der Waals surface area contributed by atoms with Crippen molar-refractivity contribution in [2.24, 2.45) is 0 Å². The number of nitrogens with one attached hydrogen (secondary N) is 2. The molecule has 0 aromatic heterocycles. The van der Waals surface area contributed by atoms with Crippen LogP contribution in [0.4, 0.5) is 13.2 Å². The van der Waals surface area contributed by atoms with Gasteiger partial charge in [0, 0.05) is 6.42 Å². The van der Waals surface area contributed by atoms with E-state index in [9.17, 15) is 22.8 Å². The zero-order chi connectivity index (χ0) is 23.0. The van der Waals surface area contributed by atoms with Crippen molar-refractivity contribution in [1.82, 2.24) is 10.9 Å². The average molecular weight is 438 g/mol. The molecule has 2 unspecified atom stereocenters. The summed E-state index contributed by atoms with van der Waals surface area (Å²) in [6, 6.07) is 11.4. The van der Waals surface area contributed by atoms with E-state index in [1.807, 2.05) is 6.92 Å². The summed E-state index contributed by atoms with van der Waals surface area (Å²) in [7, 11) is 0. The van der Waals surface area contributed by atoms with E-state index in [2.05, 4.69) is 10.9 Å². The number of hydrogen-bond donors (Lipinski definition) is 2. The van der Waals surface area contributed by atoms with E-state index in [-0.39, 0.29) is 12.3 Å². The molecular weight excluding hydrogens is 413 g/mol. The fourth-order valence-electron chi connectivity index (χ4n) is 2.72. The summed E-state index contributed by atoms with van der Waals surface area (Å²) in [5.74, 6) is -0.218. The molecule has 0 bridgehead atoms. The maximum Gasteiger partial charge on any atom is 0.416 e. The number of carbonyl (C=O) groups is 2. The Morgan fingerprint density at radius 1 is 0.935 bits per heavy atom. The van der Waals surface area contributed by atoms with Gasteiger partial charge in [-0.05, 0) is 61.7 Å². The number of alkyl halides is 3. The smallest absolute Gasteiger partial charge is 0.416 e. The number of halogens is 3. The summed E-state index contributed by atoms with van der Waals surface area (Å²) >= 11 is 0. The third-order valence-electron chi connectivity index (χ3n) is 4.44. The van der Waals surface area contributed by atoms with Gasteiger partial charge < -0.3 is 9.47 Å². The van der Waals surface area contributed by atoms with E-state index in [0.29, 0.717) is 23.7 Å². The van der Waals surface area contributed by atoms with Crippen molar-refractivity contribution in [3.8, 4) is 11.5 Å². The van der Waals surface area contributed by atoms with Crippen molar-refractivity contribution in [2.45, 2.75) is 45.4 Å². The first kappa shape index (κ1) is 24.0. The van der Waals surface area contributed by atoms with Gasteiger partial charge >= 0.3 is 6.18 Å². The summed E-state index contributed by atoms with van der Waals surface area (Å²) in [6.07, 6.45) is -5.29. The molecule has 2 N–H and O–H groups in total. The van der Waals surface area contributed by atoms with Crippen molar-refractivity contribution in [3.63, 3.8) is 0 Å². The first-order valence-corrected chi connectivity index (χ1v) is 9.75. The second-order valence-corrected chi connectivity index (χ2v) is 6.93. The van der Waals surface area contributed by atoms with E-state index in [4.69, 9.17) is 9.47 Å². The largest absolute Gasteiger partial charge is 0.494 e. The molecule has 0 saturated heterocycles. The number of hydrogen-bond acceptors (Lipinski definition) is 4. The Morgan fingerprint density at radius 3 is 2.06 bits per heavy atom. The molecule has 0 radical (unpaired) electrons. The Morgan fingerprint density at radius 2 is 1.52 bits per heavy atom. The van der Waals surface area contributed by atoms with Gasteiger partial charge in [0.05, 0.1) is 12.2 Å². The number of amides is 2. The maximum absolute atomic E-state index is 12.6. The molecule has 9 heteroatoms. The van der Waals surface area contributed by atoms with Crippen LogP contribution in [0.3, 0.4) is 0 Å². The molecular formula is C22H25F3N2O4. The summed E-state index contributed by atoms with van der Waals surface area (Å²) in [5, 5.41) is 0. The monoisotopic (exact) mass is 438 g/mol. The quantitative estimate of drug-likeness (QED) is 0.606. The Labute approximate surface area is 178 Å². The van der Waals surface area contributed by atoms with Crippen molar-refractivity contribution >= 4 is 11.8 Å². The third-order valence-corrected chi connectivity index (χ3v) is 4.44. The highest BCUT2D eigenvalue weighted by atomic mass is 19.4. The number of carbonyl (C=O) groups excluding carboxylic acids is 2. The average Bonchev–Trinajstić information content (AvgIpc) is 2.73. The van der Waals surface area contributed by atoms with Crippen LogP contribution < -0.4 is 20.3 Å². The van der Waals surface area contributed by atoms with Gasteiger partial charge in [0.2, 0.25) is 5.91 Å². The fourth-order valence-corrected chi connectivity index (χ4v) is 2.72. The van der Waals surface area contributed by atoms with Crippen LogP contribution in [0.1, 0.15) is 44.2 Å². The van der Waals surface area contributed by atoms with Gasteiger partial charge in [0.25, 0.3) is 5.91 Å². The zero-order valence-corrected chi connectivity index (χ0v) is 17.5. The molecule has 31 heavy (non-hydrogen) atoms. The molecule has 0 aliphatic heterocycles. The van der Waals surface area contributed by atoms with Crippen LogP contribution in [0, 0.1) is 0 Å². The molecule has 2 atom stereocenters. The maximum atomic E-state index is 12.6. The minimum atomic E-state index is -4.41. The van der Waals surface area contributed by atoms with Crippen molar-refractivity contribution < 1.29 is 32.2 Å². The van der Waals surface area contributed by atoms with E-state index in [0.717, 1.165) is 12.1 Å². The fraction of sp³-hybridized carbons (Fsp3) is 0.364. The summed E-state index contributed by atoms with van der Waals surface area (Å²) < 4.78 is 48.8. The minimum Gasteiger partial charge on any atom is -0.494 e. The molecule has 6 nitrogen and oxygen atoms in total. The van der Waals surface area contributed by atoms with Gasteiger partial charge in [-0.2, -0.15) is 13.2 Å². The van der Waals surface area contributed by atoms with Crippen molar-refractivity contribution in [1.29, 1.82) is 0 Å². The Kier molecular flexibility index (Phi) is 8.30. The zero-order valence-electron chi connectivity index (χ0n) is 17.5. The summed E-state index contributed by atoms with van der Waals surface area (Å²) in [4.78, 5) is 24.2.